The van der Waals surface area contributed by atoms with Gasteiger partial charge in [-0.2, -0.15) is 0 Å². The van der Waals surface area contributed by atoms with E-state index in [0.29, 0.717) is 24.3 Å². The Hall–Kier alpha value is -3.88. The molecule has 1 aromatic heterocycles. The first-order chi connectivity index (χ1) is 17.0. The van der Waals surface area contributed by atoms with Gasteiger partial charge in [0.25, 0.3) is 0 Å². The van der Waals surface area contributed by atoms with Crippen LogP contribution in [0.25, 0.3) is 0 Å². The third kappa shape index (κ3) is 7.83. The van der Waals surface area contributed by atoms with Crippen molar-refractivity contribution in [2.45, 2.75) is 58.4 Å². The highest BCUT2D eigenvalue weighted by Crippen LogP contribution is 2.28. The minimum absolute atomic E-state index is 0.0259. The molecule has 2 amide bonds. The molecule has 0 bridgehead atoms. The molecule has 3 rings (SSSR count). The van der Waals surface area contributed by atoms with Gasteiger partial charge in [-0.25, -0.2) is 18.7 Å². The Balaban J connectivity index is 1.60. The van der Waals surface area contributed by atoms with Crippen LogP contribution in [0, 0.1) is 11.6 Å². The van der Waals surface area contributed by atoms with Crippen molar-refractivity contribution in [1.29, 1.82) is 0 Å². The molecule has 0 spiro atoms. The van der Waals surface area contributed by atoms with Crippen LogP contribution in [0.2, 0.25) is 0 Å². The molecule has 2 aromatic carbocycles. The highest BCUT2D eigenvalue weighted by atomic mass is 19.1. The summed E-state index contributed by atoms with van der Waals surface area (Å²) in [6, 6.07) is 9.76. The van der Waals surface area contributed by atoms with Crippen molar-refractivity contribution < 1.29 is 23.1 Å². The third-order valence-electron chi connectivity index (χ3n) is 5.31. The molecule has 0 aliphatic heterocycles. The number of nitrogens with zero attached hydrogens (tertiary/aromatic N) is 2. The number of ether oxygens (including phenoxy) is 1. The average molecular weight is 497 g/mol. The lowest BCUT2D eigenvalue weighted by Gasteiger charge is -2.19. The van der Waals surface area contributed by atoms with Gasteiger partial charge >= 0.3 is 0 Å². The summed E-state index contributed by atoms with van der Waals surface area (Å²) in [5.74, 6) is -1.47. The molecular formula is C27H30F2N4O3. The zero-order valence-electron chi connectivity index (χ0n) is 20.8. The second-order valence-electron chi connectivity index (χ2n) is 9.47. The van der Waals surface area contributed by atoms with Crippen LogP contribution < -0.4 is 15.4 Å². The fourth-order valence-corrected chi connectivity index (χ4v) is 3.49. The number of anilines is 1. The number of amides is 2. The predicted octanol–water partition coefficient (Wildman–Crippen LogP) is 5.31. The number of nitrogens with one attached hydrogen (secondary N) is 2. The second kappa shape index (κ2) is 11.7. The lowest BCUT2D eigenvalue weighted by molar-refractivity contribution is -0.126. The molecule has 7 nitrogen and oxygen atoms in total. The Bertz CT molecular complexity index is 1190. The van der Waals surface area contributed by atoms with Gasteiger partial charge in [0.2, 0.25) is 17.8 Å². The van der Waals surface area contributed by atoms with Crippen molar-refractivity contribution in [1.82, 2.24) is 15.3 Å². The summed E-state index contributed by atoms with van der Waals surface area (Å²) in [7, 11) is 0. The number of benzene rings is 2. The van der Waals surface area contributed by atoms with E-state index < -0.39 is 29.5 Å². The fraction of sp³-hybridized carbons (Fsp3) is 0.333. The van der Waals surface area contributed by atoms with Gasteiger partial charge in [0.1, 0.15) is 23.4 Å². The first-order valence-corrected chi connectivity index (χ1v) is 11.7. The average Bonchev–Trinajstić information content (AvgIpc) is 2.79. The van der Waals surface area contributed by atoms with Crippen molar-refractivity contribution in [2.75, 3.05) is 5.32 Å². The number of hydrogen-bond donors (Lipinski definition) is 2. The minimum Gasteiger partial charge on any atom is -0.454 e. The van der Waals surface area contributed by atoms with Crippen molar-refractivity contribution in [3.8, 4) is 11.5 Å². The lowest BCUT2D eigenvalue weighted by atomic mass is 9.87. The molecule has 1 unspecified atom stereocenters. The standard InChI is InChI=1S/C27H30F2N4O3/c1-5-7-23(32-24(34)12-17-10-19(28)14-20(29)11-17)25(35)33-26-30-15-22(16-31-26)36-21-9-6-8-18(13-21)27(2,3)4/h6,8-11,13-16,23H,5,7,12H2,1-4H3,(H,32,34)(H,30,31,33,35). The number of halogens is 2. The van der Waals surface area contributed by atoms with Gasteiger partial charge in [0.15, 0.2) is 5.75 Å². The lowest BCUT2D eigenvalue weighted by Crippen LogP contribution is -2.44. The molecule has 9 heteroatoms. The fourth-order valence-electron chi connectivity index (χ4n) is 3.49. The first kappa shape index (κ1) is 26.7. The Labute approximate surface area is 209 Å². The van der Waals surface area contributed by atoms with E-state index in [9.17, 15) is 18.4 Å². The maximum absolute atomic E-state index is 13.4. The van der Waals surface area contributed by atoms with Crippen molar-refractivity contribution in [2.24, 2.45) is 0 Å². The molecule has 2 N–H and O–H groups in total. The largest absolute Gasteiger partial charge is 0.454 e. The van der Waals surface area contributed by atoms with E-state index in [4.69, 9.17) is 4.74 Å². The molecular weight excluding hydrogens is 466 g/mol. The number of carbonyl (C=O) groups excluding carboxylic acids is 2. The molecule has 0 fully saturated rings. The van der Waals surface area contributed by atoms with Gasteiger partial charge in [0.05, 0.1) is 18.8 Å². The van der Waals surface area contributed by atoms with Gasteiger partial charge in [-0.05, 0) is 47.2 Å². The topological polar surface area (TPSA) is 93.2 Å². The van der Waals surface area contributed by atoms with Crippen LogP contribution in [-0.2, 0) is 21.4 Å². The SMILES string of the molecule is CCCC(NC(=O)Cc1cc(F)cc(F)c1)C(=O)Nc1ncc(Oc2cccc(C(C)(C)C)c2)cn1. The van der Waals surface area contributed by atoms with E-state index in [1.54, 1.807) is 0 Å². The van der Waals surface area contributed by atoms with Gasteiger partial charge < -0.3 is 10.1 Å². The molecule has 190 valence electrons. The Morgan fingerprint density at radius 3 is 2.28 bits per heavy atom. The zero-order valence-corrected chi connectivity index (χ0v) is 20.8. The highest BCUT2D eigenvalue weighted by Gasteiger charge is 2.21. The summed E-state index contributed by atoms with van der Waals surface area (Å²) in [6.07, 6.45) is 3.60. The smallest absolute Gasteiger partial charge is 0.249 e. The Kier molecular flexibility index (Phi) is 8.68. The molecule has 0 radical (unpaired) electrons. The molecule has 0 aliphatic rings. The maximum Gasteiger partial charge on any atom is 0.249 e. The molecule has 1 heterocycles. The number of carbonyl (C=O) groups is 2. The molecule has 0 saturated carbocycles. The van der Waals surface area contributed by atoms with Gasteiger partial charge in [-0.3, -0.25) is 14.9 Å². The predicted molar refractivity (Wildman–Crippen MR) is 133 cm³/mol. The van der Waals surface area contributed by atoms with Crippen LogP contribution in [0.5, 0.6) is 11.5 Å². The summed E-state index contributed by atoms with van der Waals surface area (Å²) < 4.78 is 32.6. The first-order valence-electron chi connectivity index (χ1n) is 11.7. The van der Waals surface area contributed by atoms with E-state index in [-0.39, 0.29) is 23.3 Å². The van der Waals surface area contributed by atoms with Crippen LogP contribution in [0.3, 0.4) is 0 Å². The minimum atomic E-state index is -0.861. The number of aromatic nitrogens is 2. The Morgan fingerprint density at radius 2 is 1.67 bits per heavy atom. The van der Waals surface area contributed by atoms with E-state index in [1.807, 2.05) is 31.2 Å². The van der Waals surface area contributed by atoms with Crippen molar-refractivity contribution in [3.63, 3.8) is 0 Å². The van der Waals surface area contributed by atoms with E-state index >= 15 is 0 Å². The van der Waals surface area contributed by atoms with Crippen LogP contribution in [-0.4, -0.2) is 27.8 Å². The van der Waals surface area contributed by atoms with Crippen molar-refractivity contribution in [3.05, 3.63) is 77.6 Å². The van der Waals surface area contributed by atoms with Crippen LogP contribution in [0.4, 0.5) is 14.7 Å². The number of rotatable bonds is 9. The molecule has 0 aliphatic carbocycles. The second-order valence-corrected chi connectivity index (χ2v) is 9.47. The van der Waals surface area contributed by atoms with Gasteiger partial charge in [-0.15, -0.1) is 0 Å². The third-order valence-corrected chi connectivity index (χ3v) is 5.31. The molecule has 36 heavy (non-hydrogen) atoms. The monoisotopic (exact) mass is 496 g/mol. The summed E-state index contributed by atoms with van der Waals surface area (Å²) in [6.45, 7) is 8.21. The summed E-state index contributed by atoms with van der Waals surface area (Å²) in [5, 5.41) is 5.19. The highest BCUT2D eigenvalue weighted by molar-refractivity contribution is 5.96. The van der Waals surface area contributed by atoms with E-state index in [2.05, 4.69) is 41.4 Å². The van der Waals surface area contributed by atoms with Gasteiger partial charge in [-0.1, -0.05) is 46.2 Å². The summed E-state index contributed by atoms with van der Waals surface area (Å²) in [4.78, 5) is 33.4. The van der Waals surface area contributed by atoms with E-state index in [1.165, 1.54) is 12.4 Å². The van der Waals surface area contributed by atoms with Gasteiger partial charge in [0, 0.05) is 6.07 Å². The number of hydrogen-bond acceptors (Lipinski definition) is 5. The van der Waals surface area contributed by atoms with Crippen LogP contribution in [0.1, 0.15) is 51.7 Å². The van der Waals surface area contributed by atoms with Crippen LogP contribution in [0.15, 0.2) is 54.9 Å². The van der Waals surface area contributed by atoms with E-state index in [0.717, 1.165) is 23.8 Å². The molecule has 1 atom stereocenters. The summed E-state index contributed by atoms with van der Waals surface area (Å²) in [5.41, 5.74) is 1.27. The normalized spacial score (nSPS) is 12.1. The molecule has 3 aromatic rings. The Morgan fingerprint density at radius 1 is 1.00 bits per heavy atom. The zero-order chi connectivity index (χ0) is 26.3. The van der Waals surface area contributed by atoms with Crippen LogP contribution >= 0.6 is 0 Å². The summed E-state index contributed by atoms with van der Waals surface area (Å²) >= 11 is 0. The molecule has 0 saturated heterocycles. The van der Waals surface area contributed by atoms with Crippen molar-refractivity contribution >= 4 is 17.8 Å². The quantitative estimate of drug-likeness (QED) is 0.419. The maximum atomic E-state index is 13.4.